The van der Waals surface area contributed by atoms with Crippen LogP contribution in [-0.2, 0) is 6.54 Å². The van der Waals surface area contributed by atoms with E-state index < -0.39 is 5.97 Å². The third-order valence-corrected chi connectivity index (χ3v) is 4.26. The fourth-order valence-electron chi connectivity index (χ4n) is 2.18. The molecule has 0 radical (unpaired) electrons. The lowest BCUT2D eigenvalue weighted by molar-refractivity contribution is 0.0690. The molecular formula is C16H19N3O4S. The van der Waals surface area contributed by atoms with E-state index in [0.717, 1.165) is 10.5 Å². The lowest BCUT2D eigenvalue weighted by atomic mass is 10.2. The van der Waals surface area contributed by atoms with Gasteiger partial charge >= 0.3 is 5.97 Å². The molecule has 2 aromatic rings. The van der Waals surface area contributed by atoms with Gasteiger partial charge in [0.2, 0.25) is 0 Å². The molecule has 1 N–H and O–H groups in total. The highest BCUT2D eigenvalue weighted by atomic mass is 32.2. The summed E-state index contributed by atoms with van der Waals surface area (Å²) in [5.41, 5.74) is 0.967. The summed E-state index contributed by atoms with van der Waals surface area (Å²) in [6, 6.07) is 3.87. The van der Waals surface area contributed by atoms with Gasteiger partial charge in [0, 0.05) is 18.5 Å². The Balaban J connectivity index is 2.27. The highest BCUT2D eigenvalue weighted by Gasteiger charge is 2.14. The Kier molecular flexibility index (Phi) is 5.86. The van der Waals surface area contributed by atoms with Crippen molar-refractivity contribution in [3.8, 4) is 11.5 Å². The molecule has 1 heterocycles. The van der Waals surface area contributed by atoms with Gasteiger partial charge in [-0.25, -0.2) is 14.8 Å². The average molecular weight is 349 g/mol. The zero-order valence-electron chi connectivity index (χ0n) is 13.9. The summed E-state index contributed by atoms with van der Waals surface area (Å²) < 4.78 is 10.7. The van der Waals surface area contributed by atoms with E-state index in [1.807, 2.05) is 30.3 Å². The predicted molar refractivity (Wildman–Crippen MR) is 92.4 cm³/mol. The van der Waals surface area contributed by atoms with Crippen molar-refractivity contribution in [3.63, 3.8) is 0 Å². The van der Waals surface area contributed by atoms with Crippen molar-refractivity contribution in [1.29, 1.82) is 0 Å². The van der Waals surface area contributed by atoms with Crippen LogP contribution < -0.4 is 14.4 Å². The van der Waals surface area contributed by atoms with E-state index in [1.54, 1.807) is 26.0 Å². The van der Waals surface area contributed by atoms with Gasteiger partial charge in [-0.2, -0.15) is 0 Å². The fraction of sp³-hybridized carbons (Fsp3) is 0.312. The van der Waals surface area contributed by atoms with Gasteiger partial charge in [0.15, 0.2) is 17.2 Å². The van der Waals surface area contributed by atoms with Crippen LogP contribution in [0.1, 0.15) is 16.1 Å². The van der Waals surface area contributed by atoms with Gasteiger partial charge in [0.25, 0.3) is 0 Å². The third-order valence-electron chi connectivity index (χ3n) is 3.44. The second kappa shape index (κ2) is 7.87. The molecular weight excluding hydrogens is 330 g/mol. The first kappa shape index (κ1) is 17.9. The van der Waals surface area contributed by atoms with Gasteiger partial charge in [-0.1, -0.05) is 0 Å². The zero-order valence-corrected chi connectivity index (χ0v) is 14.8. The van der Waals surface area contributed by atoms with Crippen molar-refractivity contribution >= 4 is 23.5 Å². The Morgan fingerprint density at radius 2 is 1.88 bits per heavy atom. The van der Waals surface area contributed by atoms with Crippen LogP contribution in [0.15, 0.2) is 29.4 Å². The van der Waals surface area contributed by atoms with Gasteiger partial charge in [-0.15, -0.1) is 11.8 Å². The molecule has 0 amide bonds. The largest absolute Gasteiger partial charge is 0.493 e. The maximum Gasteiger partial charge on any atom is 0.356 e. The van der Waals surface area contributed by atoms with Crippen molar-refractivity contribution < 1.29 is 19.4 Å². The van der Waals surface area contributed by atoms with E-state index in [0.29, 0.717) is 23.9 Å². The minimum absolute atomic E-state index is 0.0805. The Morgan fingerprint density at radius 1 is 1.21 bits per heavy atom. The van der Waals surface area contributed by atoms with Crippen molar-refractivity contribution in [2.45, 2.75) is 11.4 Å². The molecule has 0 fully saturated rings. The van der Waals surface area contributed by atoms with Crippen LogP contribution >= 0.6 is 11.8 Å². The molecule has 0 saturated heterocycles. The molecule has 0 aliphatic rings. The summed E-state index contributed by atoms with van der Waals surface area (Å²) in [4.78, 5) is 21.8. The normalized spacial score (nSPS) is 10.3. The summed E-state index contributed by atoms with van der Waals surface area (Å²) in [6.07, 6.45) is 4.69. The molecule has 8 heteroatoms. The molecule has 0 spiro atoms. The second-order valence-corrected chi connectivity index (χ2v) is 5.79. The maximum absolute atomic E-state index is 10.8. The number of carboxylic acids is 1. The van der Waals surface area contributed by atoms with Crippen LogP contribution in [0.2, 0.25) is 0 Å². The van der Waals surface area contributed by atoms with E-state index in [1.165, 1.54) is 12.4 Å². The number of thioether (sulfide) groups is 1. The van der Waals surface area contributed by atoms with Crippen LogP contribution in [0.4, 0.5) is 5.82 Å². The average Bonchev–Trinajstić information content (AvgIpc) is 2.61. The molecule has 0 atom stereocenters. The smallest absolute Gasteiger partial charge is 0.356 e. The zero-order chi connectivity index (χ0) is 17.7. The first-order valence-electron chi connectivity index (χ1n) is 7.05. The number of methoxy groups -OCH3 is 2. The van der Waals surface area contributed by atoms with Crippen LogP contribution in [0.25, 0.3) is 0 Å². The minimum atomic E-state index is -1.10. The summed E-state index contributed by atoms with van der Waals surface area (Å²) >= 11 is 1.61. The standard InChI is InChI=1S/C16H19N3O4S/c1-19(15-8-17-11(7-18-15)16(20)21)9-10-5-12(22-2)13(23-3)6-14(10)24-4/h5-8H,9H2,1-4H3,(H,20,21). The van der Waals surface area contributed by atoms with Crippen molar-refractivity contribution in [1.82, 2.24) is 9.97 Å². The molecule has 0 bridgehead atoms. The topological polar surface area (TPSA) is 84.8 Å². The highest BCUT2D eigenvalue weighted by Crippen LogP contribution is 2.35. The molecule has 1 aromatic carbocycles. The van der Waals surface area contributed by atoms with E-state index in [4.69, 9.17) is 14.6 Å². The van der Waals surface area contributed by atoms with Crippen LogP contribution in [0.5, 0.6) is 11.5 Å². The highest BCUT2D eigenvalue weighted by molar-refractivity contribution is 7.98. The van der Waals surface area contributed by atoms with Crippen molar-refractivity contribution in [2.24, 2.45) is 0 Å². The molecule has 0 saturated carbocycles. The lowest BCUT2D eigenvalue weighted by Gasteiger charge is -2.20. The maximum atomic E-state index is 10.8. The van der Waals surface area contributed by atoms with Gasteiger partial charge in [-0.05, 0) is 24.0 Å². The van der Waals surface area contributed by atoms with Crippen molar-refractivity contribution in [2.75, 3.05) is 32.4 Å². The number of carboxylic acid groups (broad SMARTS) is 1. The summed E-state index contributed by atoms with van der Waals surface area (Å²) in [5, 5.41) is 8.88. The quantitative estimate of drug-likeness (QED) is 0.764. The molecule has 0 unspecified atom stereocenters. The van der Waals surface area contributed by atoms with E-state index in [-0.39, 0.29) is 5.69 Å². The number of hydrogen-bond donors (Lipinski definition) is 1. The molecule has 1 aromatic heterocycles. The Bertz CT molecular complexity index is 722. The first-order valence-corrected chi connectivity index (χ1v) is 8.28. The number of carbonyl (C=O) groups is 1. The minimum Gasteiger partial charge on any atom is -0.493 e. The summed E-state index contributed by atoms with van der Waals surface area (Å²) in [6.45, 7) is 0.567. The Morgan fingerprint density at radius 3 is 2.38 bits per heavy atom. The van der Waals surface area contributed by atoms with E-state index in [2.05, 4.69) is 9.97 Å². The van der Waals surface area contributed by atoms with Gasteiger partial charge in [0.1, 0.15) is 5.82 Å². The monoisotopic (exact) mass is 349 g/mol. The van der Waals surface area contributed by atoms with E-state index >= 15 is 0 Å². The summed E-state index contributed by atoms with van der Waals surface area (Å²) in [7, 11) is 5.07. The molecule has 0 aliphatic carbocycles. The van der Waals surface area contributed by atoms with Crippen LogP contribution in [-0.4, -0.2) is 48.6 Å². The summed E-state index contributed by atoms with van der Waals surface area (Å²) in [5.74, 6) is 0.827. The number of benzene rings is 1. The Labute approximate surface area is 144 Å². The molecule has 2 rings (SSSR count). The Hall–Kier alpha value is -2.48. The van der Waals surface area contributed by atoms with Crippen LogP contribution in [0.3, 0.4) is 0 Å². The van der Waals surface area contributed by atoms with E-state index in [9.17, 15) is 4.79 Å². The number of hydrogen-bond acceptors (Lipinski definition) is 7. The molecule has 128 valence electrons. The molecule has 24 heavy (non-hydrogen) atoms. The molecule has 0 aliphatic heterocycles. The number of rotatable bonds is 7. The third kappa shape index (κ3) is 3.88. The van der Waals surface area contributed by atoms with Crippen LogP contribution in [0, 0.1) is 0 Å². The second-order valence-electron chi connectivity index (χ2n) is 4.94. The number of nitrogens with zero attached hydrogens (tertiary/aromatic N) is 3. The SMILES string of the molecule is COc1cc(CN(C)c2cnc(C(=O)O)cn2)c(SC)cc1OC. The van der Waals surface area contributed by atoms with Gasteiger partial charge < -0.3 is 19.5 Å². The van der Waals surface area contributed by atoms with Crippen molar-refractivity contribution in [3.05, 3.63) is 35.8 Å². The number of aromatic carboxylic acids is 1. The van der Waals surface area contributed by atoms with Gasteiger partial charge in [-0.3, -0.25) is 0 Å². The predicted octanol–water partition coefficient (Wildman–Crippen LogP) is 2.55. The number of aromatic nitrogens is 2. The number of anilines is 1. The fourth-order valence-corrected chi connectivity index (χ4v) is 2.79. The molecule has 7 nitrogen and oxygen atoms in total. The number of ether oxygens (including phenoxy) is 2. The first-order chi connectivity index (χ1) is 11.5. The lowest BCUT2D eigenvalue weighted by Crippen LogP contribution is -2.19. The van der Waals surface area contributed by atoms with Gasteiger partial charge in [0.05, 0.1) is 26.6 Å².